The van der Waals surface area contributed by atoms with Gasteiger partial charge in [0.25, 0.3) is 0 Å². The predicted octanol–water partition coefficient (Wildman–Crippen LogP) is 1.28. The van der Waals surface area contributed by atoms with Crippen molar-refractivity contribution >= 4 is 0 Å². The lowest BCUT2D eigenvalue weighted by Crippen LogP contribution is -2.15. The zero-order valence-corrected chi connectivity index (χ0v) is 10.8. The third kappa shape index (κ3) is 2.37. The van der Waals surface area contributed by atoms with Gasteiger partial charge in [-0.05, 0) is 24.6 Å². The lowest BCUT2D eigenvalue weighted by atomic mass is 10.2. The van der Waals surface area contributed by atoms with Crippen molar-refractivity contribution in [2.75, 3.05) is 13.7 Å². The molecule has 1 aliphatic heterocycles. The van der Waals surface area contributed by atoms with Crippen LogP contribution in [0.1, 0.15) is 18.4 Å². The molecule has 3 rings (SSSR count). The van der Waals surface area contributed by atoms with Crippen molar-refractivity contribution in [3.63, 3.8) is 0 Å². The fourth-order valence-corrected chi connectivity index (χ4v) is 2.20. The van der Waals surface area contributed by atoms with Crippen LogP contribution >= 0.6 is 0 Å². The third-order valence-corrected chi connectivity index (χ3v) is 3.26. The van der Waals surface area contributed by atoms with Crippen molar-refractivity contribution in [3.05, 3.63) is 29.9 Å². The zero-order valence-electron chi connectivity index (χ0n) is 10.8. The highest BCUT2D eigenvalue weighted by Crippen LogP contribution is 2.27. The van der Waals surface area contributed by atoms with Gasteiger partial charge in [0, 0.05) is 12.1 Å². The minimum absolute atomic E-state index is 0.128. The number of methoxy groups -OCH3 is 1. The van der Waals surface area contributed by atoms with E-state index >= 15 is 0 Å². The molecule has 0 amide bonds. The second-order valence-corrected chi connectivity index (χ2v) is 4.66. The Morgan fingerprint density at radius 1 is 1.50 bits per heavy atom. The quantitative estimate of drug-likeness (QED) is 0.881. The molecule has 0 unspecified atom stereocenters. The monoisotopic (exact) mass is 279 g/mol. The number of rotatable bonds is 3. The van der Waals surface area contributed by atoms with Crippen LogP contribution in [0.5, 0.6) is 5.75 Å². The summed E-state index contributed by atoms with van der Waals surface area (Å²) in [6.07, 6.45) is 0.134. The van der Waals surface area contributed by atoms with Gasteiger partial charge in [-0.15, -0.1) is 0 Å². The number of nitrogens with zero attached hydrogens (tertiary/aromatic N) is 2. The first-order chi connectivity index (χ1) is 9.67. The van der Waals surface area contributed by atoms with E-state index in [0.717, 1.165) is 0 Å². The number of benzene rings is 1. The molecule has 1 fully saturated rings. The van der Waals surface area contributed by atoms with E-state index in [4.69, 9.17) is 9.26 Å². The van der Waals surface area contributed by atoms with Crippen molar-refractivity contribution in [1.29, 1.82) is 0 Å². The topological polar surface area (TPSA) is 80.4 Å². The minimum Gasteiger partial charge on any atom is -0.494 e. The molecule has 6 nitrogen and oxygen atoms in total. The van der Waals surface area contributed by atoms with Gasteiger partial charge in [0.15, 0.2) is 11.6 Å². The van der Waals surface area contributed by atoms with Gasteiger partial charge in [-0.1, -0.05) is 5.16 Å². The van der Waals surface area contributed by atoms with Crippen LogP contribution in [0.2, 0.25) is 0 Å². The number of halogens is 1. The molecule has 7 heteroatoms. The van der Waals surface area contributed by atoms with E-state index in [-0.39, 0.29) is 11.8 Å². The lowest BCUT2D eigenvalue weighted by Gasteiger charge is -2.03. The number of hydrogen-bond donors (Lipinski definition) is 2. The summed E-state index contributed by atoms with van der Waals surface area (Å²) in [5.41, 5.74) is 0.608. The maximum atomic E-state index is 13.4. The Bertz CT molecular complexity index is 617. The van der Waals surface area contributed by atoms with Crippen LogP contribution in [0.3, 0.4) is 0 Å². The summed E-state index contributed by atoms with van der Waals surface area (Å²) in [5.74, 6) is 0.463. The number of aliphatic hydroxyl groups excluding tert-OH is 1. The maximum Gasteiger partial charge on any atom is 0.244 e. The zero-order chi connectivity index (χ0) is 14.1. The Morgan fingerprint density at radius 3 is 3.05 bits per heavy atom. The molecule has 2 atom stereocenters. The summed E-state index contributed by atoms with van der Waals surface area (Å²) in [7, 11) is 1.40. The number of nitrogens with one attached hydrogen (secondary N) is 1. The molecule has 0 radical (unpaired) electrons. The largest absolute Gasteiger partial charge is 0.494 e. The van der Waals surface area contributed by atoms with Crippen LogP contribution in [0, 0.1) is 5.82 Å². The third-order valence-electron chi connectivity index (χ3n) is 3.26. The van der Waals surface area contributed by atoms with E-state index in [1.165, 1.54) is 19.2 Å². The van der Waals surface area contributed by atoms with E-state index in [9.17, 15) is 9.50 Å². The van der Waals surface area contributed by atoms with Gasteiger partial charge in [0.1, 0.15) is 0 Å². The first-order valence-electron chi connectivity index (χ1n) is 6.26. The summed E-state index contributed by atoms with van der Waals surface area (Å²) in [4.78, 5) is 4.27. The molecule has 2 heterocycles. The van der Waals surface area contributed by atoms with E-state index < -0.39 is 11.9 Å². The first kappa shape index (κ1) is 13.0. The molecule has 0 aliphatic carbocycles. The summed E-state index contributed by atoms with van der Waals surface area (Å²) in [6, 6.07) is 4.22. The molecule has 0 spiro atoms. The van der Waals surface area contributed by atoms with Gasteiger partial charge < -0.3 is 19.7 Å². The fourth-order valence-electron chi connectivity index (χ4n) is 2.20. The molecule has 1 aliphatic rings. The SMILES string of the molecule is COc1cc(-c2noc([C@H]3C[C@@H](O)CN3)n2)ccc1F. The van der Waals surface area contributed by atoms with Crippen LogP contribution in [0.25, 0.3) is 11.4 Å². The highest BCUT2D eigenvalue weighted by Gasteiger charge is 2.28. The van der Waals surface area contributed by atoms with Crippen molar-refractivity contribution in [3.8, 4) is 17.1 Å². The summed E-state index contributed by atoms with van der Waals surface area (Å²) in [6.45, 7) is 0.507. The van der Waals surface area contributed by atoms with Gasteiger partial charge in [0.05, 0.1) is 19.3 Å². The number of hydrogen-bond acceptors (Lipinski definition) is 6. The highest BCUT2D eigenvalue weighted by molar-refractivity contribution is 5.57. The molecular weight excluding hydrogens is 265 g/mol. The molecule has 2 aromatic rings. The molecule has 1 aromatic heterocycles. The van der Waals surface area contributed by atoms with Crippen molar-refractivity contribution < 1.29 is 18.8 Å². The molecule has 1 saturated heterocycles. The van der Waals surface area contributed by atoms with Crippen molar-refractivity contribution in [2.45, 2.75) is 18.6 Å². The summed E-state index contributed by atoms with van der Waals surface area (Å²) < 4.78 is 23.5. The number of ether oxygens (including phenoxy) is 1. The Hall–Kier alpha value is -1.99. The number of β-amino-alcohol motifs (C(OH)–C–C–N with tert-alkyl or cyclic N) is 1. The Kier molecular flexibility index (Phi) is 3.37. The average Bonchev–Trinajstić information content (AvgIpc) is 3.08. The molecule has 1 aromatic carbocycles. The van der Waals surface area contributed by atoms with Gasteiger partial charge in [-0.3, -0.25) is 0 Å². The van der Waals surface area contributed by atoms with Crippen LogP contribution < -0.4 is 10.1 Å². The molecule has 2 N–H and O–H groups in total. The van der Waals surface area contributed by atoms with Gasteiger partial charge in [0.2, 0.25) is 11.7 Å². The van der Waals surface area contributed by atoms with Crippen LogP contribution in [0.15, 0.2) is 22.7 Å². The van der Waals surface area contributed by atoms with Crippen LogP contribution in [-0.4, -0.2) is 35.0 Å². The average molecular weight is 279 g/mol. The maximum absolute atomic E-state index is 13.4. The standard InChI is InChI=1S/C13H14FN3O3/c1-19-11-4-7(2-3-9(11)14)12-16-13(20-17-12)10-5-8(18)6-15-10/h2-4,8,10,15,18H,5-6H2,1H3/t8-,10-/m1/s1. The first-order valence-corrected chi connectivity index (χ1v) is 6.26. The molecule has 0 bridgehead atoms. The van der Waals surface area contributed by atoms with Gasteiger partial charge >= 0.3 is 0 Å². The number of aromatic nitrogens is 2. The molecule has 0 saturated carbocycles. The Balaban J connectivity index is 1.86. The van der Waals surface area contributed by atoms with Crippen LogP contribution in [0.4, 0.5) is 4.39 Å². The second-order valence-electron chi connectivity index (χ2n) is 4.66. The normalized spacial score (nSPS) is 22.1. The summed E-state index contributed by atoms with van der Waals surface area (Å²) >= 11 is 0. The minimum atomic E-state index is -0.444. The fraction of sp³-hybridized carbons (Fsp3) is 0.385. The lowest BCUT2D eigenvalue weighted by molar-refractivity contribution is 0.191. The Morgan fingerprint density at radius 2 is 2.35 bits per heavy atom. The van der Waals surface area contributed by atoms with Crippen molar-refractivity contribution in [1.82, 2.24) is 15.5 Å². The number of aliphatic hydroxyl groups is 1. The second kappa shape index (κ2) is 5.18. The van der Waals surface area contributed by atoms with Gasteiger partial charge in [-0.2, -0.15) is 4.98 Å². The molecule has 106 valence electrons. The van der Waals surface area contributed by atoms with E-state index in [1.807, 2.05) is 0 Å². The smallest absolute Gasteiger partial charge is 0.244 e. The van der Waals surface area contributed by atoms with Crippen molar-refractivity contribution in [2.24, 2.45) is 0 Å². The van der Waals surface area contributed by atoms with Gasteiger partial charge in [-0.25, -0.2) is 4.39 Å². The van der Waals surface area contributed by atoms with E-state index in [1.54, 1.807) is 6.07 Å². The predicted molar refractivity (Wildman–Crippen MR) is 67.6 cm³/mol. The van der Waals surface area contributed by atoms with E-state index in [0.29, 0.717) is 30.2 Å². The molecular formula is C13H14FN3O3. The summed E-state index contributed by atoms with van der Waals surface area (Å²) in [5, 5.41) is 16.4. The molecule has 20 heavy (non-hydrogen) atoms. The Labute approximate surface area is 114 Å². The van der Waals surface area contributed by atoms with Crippen LogP contribution in [-0.2, 0) is 0 Å². The van der Waals surface area contributed by atoms with E-state index in [2.05, 4.69) is 15.5 Å². The highest BCUT2D eigenvalue weighted by atomic mass is 19.1.